The molecule has 1 unspecified atom stereocenters. The second kappa shape index (κ2) is 8.24. The minimum atomic E-state index is -4.47. The minimum Gasteiger partial charge on any atom is -0.367 e. The van der Waals surface area contributed by atoms with Crippen LogP contribution in [0.5, 0.6) is 0 Å². The van der Waals surface area contributed by atoms with Crippen molar-refractivity contribution in [2.75, 3.05) is 10.6 Å². The van der Waals surface area contributed by atoms with Crippen LogP contribution in [0.15, 0.2) is 41.5 Å². The highest BCUT2D eigenvalue weighted by Gasteiger charge is 2.32. The van der Waals surface area contributed by atoms with Crippen LogP contribution in [0.4, 0.5) is 30.5 Å². The number of aryl methyl sites for hydroxylation is 1. The highest BCUT2D eigenvalue weighted by Crippen LogP contribution is 2.38. The molecule has 1 aromatic carbocycles. The summed E-state index contributed by atoms with van der Waals surface area (Å²) in [4.78, 5) is 17.0. The number of alkyl halides is 3. The number of anilines is 3. The molecule has 164 valence electrons. The number of fused-ring (bicyclic) bond motifs is 3. The smallest absolute Gasteiger partial charge is 0.367 e. The molecule has 1 aliphatic rings. The summed E-state index contributed by atoms with van der Waals surface area (Å²) in [5, 5.41) is 15.7. The number of hydrogen-bond acceptors (Lipinski definition) is 7. The van der Waals surface area contributed by atoms with Crippen molar-refractivity contribution in [2.24, 2.45) is 4.99 Å². The summed E-state index contributed by atoms with van der Waals surface area (Å²) < 4.78 is 39.5. The molecular formula is C21H17F3N6OS. The Labute approximate surface area is 186 Å². The van der Waals surface area contributed by atoms with Gasteiger partial charge in [0, 0.05) is 29.4 Å². The Hall–Kier alpha value is -3.44. The van der Waals surface area contributed by atoms with Crippen molar-refractivity contribution in [1.29, 1.82) is 0 Å². The summed E-state index contributed by atoms with van der Waals surface area (Å²) in [7, 11) is 0. The normalized spacial score (nSPS) is 14.0. The second-order valence-corrected chi connectivity index (χ2v) is 7.59. The molecule has 0 saturated carbocycles. The maximum atomic E-state index is 13.2. The first-order valence-electron chi connectivity index (χ1n) is 9.41. The van der Waals surface area contributed by atoms with Crippen molar-refractivity contribution in [2.45, 2.75) is 25.7 Å². The monoisotopic (exact) mass is 458 g/mol. The molecule has 0 amide bonds. The molecule has 1 atom stereocenters. The van der Waals surface area contributed by atoms with E-state index >= 15 is 0 Å². The lowest BCUT2D eigenvalue weighted by atomic mass is 10.0. The van der Waals surface area contributed by atoms with Gasteiger partial charge in [-0.25, -0.2) is 9.97 Å². The Morgan fingerprint density at radius 2 is 2.03 bits per heavy atom. The van der Waals surface area contributed by atoms with Crippen LogP contribution in [0, 0.1) is 6.92 Å². The molecule has 3 heterocycles. The van der Waals surface area contributed by atoms with Gasteiger partial charge in [-0.2, -0.15) is 13.2 Å². The maximum absolute atomic E-state index is 13.2. The molecule has 0 fully saturated rings. The number of aliphatic imine (C=N–C) groups is 1. The Morgan fingerprint density at radius 1 is 1.25 bits per heavy atom. The van der Waals surface area contributed by atoms with Crippen LogP contribution in [0.1, 0.15) is 28.7 Å². The summed E-state index contributed by atoms with van der Waals surface area (Å²) in [6, 6.07) is 6.70. The predicted molar refractivity (Wildman–Crippen MR) is 119 cm³/mol. The summed E-state index contributed by atoms with van der Waals surface area (Å²) >= 11 is 5.28. The first-order valence-corrected chi connectivity index (χ1v) is 9.82. The van der Waals surface area contributed by atoms with Gasteiger partial charge in [-0.05, 0) is 37.9 Å². The SMILES string of the molecule is C=NC(O)c1ccc(Nc2ncc3c(n2)-c2ccc(C(F)(F)F)cc2NC(=S)C3)c(C)n1. The number of halogens is 3. The van der Waals surface area contributed by atoms with E-state index in [4.69, 9.17) is 12.2 Å². The van der Waals surface area contributed by atoms with Gasteiger partial charge in [-0.3, -0.25) is 9.98 Å². The fourth-order valence-corrected chi connectivity index (χ4v) is 3.56. The molecular weight excluding hydrogens is 441 g/mol. The molecule has 0 radical (unpaired) electrons. The standard InChI is InChI=1S/C21H17F3N6OS/c1-10-14(5-6-15(27-10)19(31)25-2)29-20-26-9-11-7-17(32)28-16-8-12(21(22,23)24)3-4-13(16)18(11)30-20/h3-6,8-9,19,31H,2,7H2,1H3,(H,28,32)(H,26,29,30). The van der Waals surface area contributed by atoms with E-state index in [1.54, 1.807) is 25.3 Å². The lowest BCUT2D eigenvalue weighted by Crippen LogP contribution is -2.11. The van der Waals surface area contributed by atoms with Crippen molar-refractivity contribution >= 4 is 41.2 Å². The molecule has 0 saturated heterocycles. The van der Waals surface area contributed by atoms with Crippen LogP contribution < -0.4 is 10.6 Å². The molecule has 0 bridgehead atoms. The quantitative estimate of drug-likeness (QED) is 0.389. The number of benzene rings is 1. The van der Waals surface area contributed by atoms with E-state index in [1.165, 1.54) is 6.07 Å². The highest BCUT2D eigenvalue weighted by molar-refractivity contribution is 7.80. The zero-order valence-electron chi connectivity index (χ0n) is 16.7. The molecule has 32 heavy (non-hydrogen) atoms. The number of nitrogens with zero attached hydrogens (tertiary/aromatic N) is 4. The van der Waals surface area contributed by atoms with E-state index in [0.717, 1.165) is 12.1 Å². The van der Waals surface area contributed by atoms with E-state index in [0.29, 0.717) is 45.3 Å². The fourth-order valence-electron chi connectivity index (χ4n) is 3.30. The topological polar surface area (TPSA) is 95.3 Å². The van der Waals surface area contributed by atoms with Gasteiger partial charge in [0.05, 0.1) is 33.3 Å². The van der Waals surface area contributed by atoms with Crippen LogP contribution in [0.2, 0.25) is 0 Å². The first-order chi connectivity index (χ1) is 15.2. The Morgan fingerprint density at radius 3 is 2.72 bits per heavy atom. The van der Waals surface area contributed by atoms with Gasteiger partial charge in [0.25, 0.3) is 0 Å². The van der Waals surface area contributed by atoms with Gasteiger partial charge in [-0.1, -0.05) is 18.3 Å². The Kier molecular flexibility index (Phi) is 5.61. The predicted octanol–water partition coefficient (Wildman–Crippen LogP) is 4.60. The summed E-state index contributed by atoms with van der Waals surface area (Å²) in [6.45, 7) is 5.03. The Bertz CT molecular complexity index is 1230. The maximum Gasteiger partial charge on any atom is 0.416 e. The summed E-state index contributed by atoms with van der Waals surface area (Å²) in [5.74, 6) is 0.238. The number of pyridine rings is 1. The third-order valence-corrected chi connectivity index (χ3v) is 5.13. The van der Waals surface area contributed by atoms with Crippen molar-refractivity contribution in [3.05, 3.63) is 59.0 Å². The van der Waals surface area contributed by atoms with Gasteiger partial charge in [0.2, 0.25) is 5.95 Å². The van der Waals surface area contributed by atoms with E-state index in [9.17, 15) is 18.3 Å². The van der Waals surface area contributed by atoms with Crippen molar-refractivity contribution in [3.8, 4) is 11.3 Å². The average Bonchev–Trinajstić information content (AvgIpc) is 2.88. The zero-order chi connectivity index (χ0) is 23.0. The van der Waals surface area contributed by atoms with Crippen LogP contribution in [0.25, 0.3) is 11.3 Å². The third-order valence-electron chi connectivity index (χ3n) is 4.88. The lowest BCUT2D eigenvalue weighted by molar-refractivity contribution is -0.137. The largest absolute Gasteiger partial charge is 0.416 e. The molecule has 2 aromatic heterocycles. The number of hydrogen-bond donors (Lipinski definition) is 3. The van der Waals surface area contributed by atoms with Gasteiger partial charge in [0.1, 0.15) is 0 Å². The number of nitrogens with one attached hydrogen (secondary N) is 2. The molecule has 0 aliphatic carbocycles. The highest BCUT2D eigenvalue weighted by atomic mass is 32.1. The molecule has 11 heteroatoms. The number of rotatable bonds is 4. The van der Waals surface area contributed by atoms with Crippen molar-refractivity contribution < 1.29 is 18.3 Å². The number of aliphatic hydroxyl groups excluding tert-OH is 1. The van der Waals surface area contributed by atoms with Crippen LogP contribution >= 0.6 is 12.2 Å². The van der Waals surface area contributed by atoms with E-state index in [1.807, 2.05) is 0 Å². The number of aliphatic hydroxyl groups is 1. The van der Waals surface area contributed by atoms with E-state index in [2.05, 4.69) is 37.3 Å². The molecule has 7 nitrogen and oxygen atoms in total. The van der Waals surface area contributed by atoms with Crippen molar-refractivity contribution in [1.82, 2.24) is 15.0 Å². The van der Waals surface area contributed by atoms with Gasteiger partial charge < -0.3 is 15.7 Å². The lowest BCUT2D eigenvalue weighted by Gasteiger charge is -2.14. The summed E-state index contributed by atoms with van der Waals surface area (Å²) in [6.07, 6.45) is -3.71. The fraction of sp³-hybridized carbons (Fsp3) is 0.190. The average molecular weight is 458 g/mol. The number of thiocarbonyl (C=S) groups is 1. The van der Waals surface area contributed by atoms with Gasteiger partial charge in [-0.15, -0.1) is 0 Å². The second-order valence-electron chi connectivity index (χ2n) is 7.10. The molecule has 1 aliphatic heterocycles. The van der Waals surface area contributed by atoms with Crippen molar-refractivity contribution in [3.63, 3.8) is 0 Å². The van der Waals surface area contributed by atoms with Gasteiger partial charge >= 0.3 is 6.18 Å². The molecule has 3 N–H and O–H groups in total. The van der Waals surface area contributed by atoms with Crippen LogP contribution in [0.3, 0.4) is 0 Å². The van der Waals surface area contributed by atoms with Gasteiger partial charge in [0.15, 0.2) is 6.23 Å². The molecule has 4 rings (SSSR count). The summed E-state index contributed by atoms with van der Waals surface area (Å²) in [5.41, 5.74) is 2.64. The third kappa shape index (κ3) is 4.30. The van der Waals surface area contributed by atoms with Crippen LogP contribution in [-0.4, -0.2) is 31.8 Å². The Balaban J connectivity index is 1.72. The minimum absolute atomic E-state index is 0.237. The number of aromatic nitrogens is 3. The molecule has 3 aromatic rings. The molecule has 0 spiro atoms. The zero-order valence-corrected chi connectivity index (χ0v) is 17.6. The van der Waals surface area contributed by atoms with Crippen LogP contribution in [-0.2, 0) is 12.6 Å². The van der Waals surface area contributed by atoms with E-state index in [-0.39, 0.29) is 11.6 Å². The first kappa shape index (κ1) is 21.8. The van der Waals surface area contributed by atoms with E-state index < -0.39 is 18.0 Å².